The highest BCUT2D eigenvalue weighted by atomic mass is 79.9. The molecule has 0 unspecified atom stereocenters. The summed E-state index contributed by atoms with van der Waals surface area (Å²) in [5.41, 5.74) is 1.37. The first kappa shape index (κ1) is 10.3. The van der Waals surface area contributed by atoms with Crippen LogP contribution in [0.3, 0.4) is 0 Å². The lowest BCUT2D eigenvalue weighted by atomic mass is 10.1. The average Bonchev–Trinajstić information content (AvgIpc) is 2.15. The Balaban J connectivity index is 2.41. The molecule has 0 nitrogen and oxygen atoms in total. The lowest BCUT2D eigenvalue weighted by Gasteiger charge is -1.97. The minimum atomic E-state index is 1.08. The van der Waals surface area contributed by atoms with Crippen LogP contribution < -0.4 is 0 Å². The molecule has 0 amide bonds. The largest absolute Gasteiger partial charge is 0.0991 e. The predicted octanol–water partition coefficient (Wildman–Crippen LogP) is 4.12. The van der Waals surface area contributed by atoms with Gasteiger partial charge in [0, 0.05) is 4.47 Å². The Bertz CT molecular complexity index is 282. The van der Waals surface area contributed by atoms with Gasteiger partial charge in [-0.15, -0.1) is 0 Å². The molecular weight excluding hydrogens is 224 g/mol. The Morgan fingerprint density at radius 2 is 1.92 bits per heavy atom. The number of hydrogen-bond acceptors (Lipinski definition) is 0. The minimum Gasteiger partial charge on any atom is -0.0991 e. The summed E-state index contributed by atoms with van der Waals surface area (Å²) in [6.45, 7) is 3.62. The van der Waals surface area contributed by atoms with Crippen molar-refractivity contribution >= 4 is 15.9 Å². The van der Waals surface area contributed by atoms with E-state index in [0.717, 1.165) is 17.3 Å². The van der Waals surface area contributed by atoms with Gasteiger partial charge < -0.3 is 0 Å². The van der Waals surface area contributed by atoms with Gasteiger partial charge in [0.1, 0.15) is 0 Å². The van der Waals surface area contributed by atoms with Gasteiger partial charge in [-0.2, -0.15) is 0 Å². The fraction of sp³-hybridized carbons (Fsp3) is 0.167. The van der Waals surface area contributed by atoms with Crippen molar-refractivity contribution in [1.29, 1.82) is 0 Å². The van der Waals surface area contributed by atoms with Gasteiger partial charge in [0.15, 0.2) is 0 Å². The second kappa shape index (κ2) is 5.76. The van der Waals surface area contributed by atoms with Crippen LogP contribution in [-0.2, 0) is 6.42 Å². The molecule has 0 aromatic heterocycles. The van der Waals surface area contributed by atoms with E-state index in [1.54, 1.807) is 0 Å². The summed E-state index contributed by atoms with van der Waals surface area (Å²) < 4.78 is 1.14. The first-order chi connectivity index (χ1) is 6.33. The van der Waals surface area contributed by atoms with E-state index in [1.165, 1.54) is 5.56 Å². The van der Waals surface area contributed by atoms with Crippen molar-refractivity contribution in [3.05, 3.63) is 59.1 Å². The molecule has 0 aliphatic rings. The van der Waals surface area contributed by atoms with E-state index in [4.69, 9.17) is 0 Å². The van der Waals surface area contributed by atoms with Gasteiger partial charge in [0.2, 0.25) is 0 Å². The molecule has 0 heterocycles. The summed E-state index contributed by atoms with van der Waals surface area (Å²) in [7, 11) is 0. The zero-order valence-electron chi connectivity index (χ0n) is 7.54. The van der Waals surface area contributed by atoms with E-state index in [0.29, 0.717) is 0 Å². The van der Waals surface area contributed by atoms with Crippen LogP contribution in [0, 0.1) is 0 Å². The first-order valence-electron chi connectivity index (χ1n) is 4.35. The third-order valence-electron chi connectivity index (χ3n) is 1.79. The molecule has 0 N–H and O–H groups in total. The Kier molecular flexibility index (Phi) is 4.55. The van der Waals surface area contributed by atoms with E-state index in [1.807, 2.05) is 12.2 Å². The molecule has 1 aromatic rings. The van der Waals surface area contributed by atoms with E-state index in [-0.39, 0.29) is 0 Å². The fourth-order valence-electron chi connectivity index (χ4n) is 1.09. The maximum Gasteiger partial charge on any atom is 0.0175 e. The Labute approximate surface area is 88.1 Å². The number of aryl methyl sites for hydroxylation is 1. The van der Waals surface area contributed by atoms with Crippen molar-refractivity contribution in [2.45, 2.75) is 12.8 Å². The van der Waals surface area contributed by atoms with E-state index >= 15 is 0 Å². The molecule has 0 saturated heterocycles. The smallest absolute Gasteiger partial charge is 0.0175 e. The Hall–Kier alpha value is -0.820. The van der Waals surface area contributed by atoms with Crippen LogP contribution in [-0.4, -0.2) is 0 Å². The topological polar surface area (TPSA) is 0 Å². The van der Waals surface area contributed by atoms with Crippen LogP contribution >= 0.6 is 15.9 Å². The lowest BCUT2D eigenvalue weighted by molar-refractivity contribution is 1.00. The van der Waals surface area contributed by atoms with Crippen LogP contribution in [0.5, 0.6) is 0 Å². The zero-order chi connectivity index (χ0) is 9.52. The van der Waals surface area contributed by atoms with Crippen molar-refractivity contribution in [2.24, 2.45) is 0 Å². The van der Waals surface area contributed by atoms with E-state index in [2.05, 4.69) is 52.9 Å². The van der Waals surface area contributed by atoms with Crippen LogP contribution in [0.4, 0.5) is 0 Å². The summed E-state index contributed by atoms with van der Waals surface area (Å²) in [6, 6.07) is 8.44. The molecule has 1 aromatic carbocycles. The van der Waals surface area contributed by atoms with Gasteiger partial charge >= 0.3 is 0 Å². The summed E-state index contributed by atoms with van der Waals surface area (Å²) >= 11 is 3.41. The van der Waals surface area contributed by atoms with Crippen molar-refractivity contribution in [2.75, 3.05) is 0 Å². The van der Waals surface area contributed by atoms with Gasteiger partial charge in [-0.3, -0.25) is 0 Å². The standard InChI is InChI=1S/C12H13Br/c1-2-3-4-5-6-11-7-9-12(13)10-8-11/h2-4,7-10H,1,5-6H2/b4-3+. The monoisotopic (exact) mass is 236 g/mol. The predicted molar refractivity (Wildman–Crippen MR) is 61.8 cm³/mol. The summed E-state index contributed by atoms with van der Waals surface area (Å²) in [4.78, 5) is 0. The quantitative estimate of drug-likeness (QED) is 0.691. The van der Waals surface area contributed by atoms with Gasteiger partial charge in [0.05, 0.1) is 0 Å². The highest BCUT2D eigenvalue weighted by molar-refractivity contribution is 9.10. The van der Waals surface area contributed by atoms with E-state index in [9.17, 15) is 0 Å². The summed E-state index contributed by atoms with van der Waals surface area (Å²) in [5.74, 6) is 0. The molecule has 13 heavy (non-hydrogen) atoms. The number of rotatable bonds is 4. The molecule has 0 aliphatic carbocycles. The fourth-order valence-corrected chi connectivity index (χ4v) is 1.36. The molecule has 0 bridgehead atoms. The van der Waals surface area contributed by atoms with Crippen molar-refractivity contribution < 1.29 is 0 Å². The van der Waals surface area contributed by atoms with Gasteiger partial charge in [-0.1, -0.05) is 52.9 Å². The van der Waals surface area contributed by atoms with Crippen molar-refractivity contribution in [3.8, 4) is 0 Å². The van der Waals surface area contributed by atoms with Gasteiger partial charge in [0.25, 0.3) is 0 Å². The molecule has 0 saturated carbocycles. The molecule has 68 valence electrons. The van der Waals surface area contributed by atoms with Crippen LogP contribution in [0.1, 0.15) is 12.0 Å². The normalized spacial score (nSPS) is 10.5. The van der Waals surface area contributed by atoms with Crippen LogP contribution in [0.15, 0.2) is 53.5 Å². The van der Waals surface area contributed by atoms with Crippen LogP contribution in [0.25, 0.3) is 0 Å². The highest BCUT2D eigenvalue weighted by Gasteiger charge is 1.90. The molecule has 0 spiro atoms. The van der Waals surface area contributed by atoms with Crippen LogP contribution in [0.2, 0.25) is 0 Å². The van der Waals surface area contributed by atoms with Crippen molar-refractivity contribution in [3.63, 3.8) is 0 Å². The summed E-state index contributed by atoms with van der Waals surface area (Å²) in [5, 5.41) is 0. The molecule has 0 atom stereocenters. The molecule has 1 rings (SSSR count). The second-order valence-corrected chi connectivity index (χ2v) is 3.74. The number of halogens is 1. The lowest BCUT2D eigenvalue weighted by Crippen LogP contribution is -1.81. The maximum atomic E-state index is 3.62. The first-order valence-corrected chi connectivity index (χ1v) is 5.14. The minimum absolute atomic E-state index is 1.08. The average molecular weight is 237 g/mol. The van der Waals surface area contributed by atoms with Gasteiger partial charge in [-0.25, -0.2) is 0 Å². The SMILES string of the molecule is C=C/C=C/CCc1ccc(Br)cc1. The molecular formula is C12H13Br. The van der Waals surface area contributed by atoms with Crippen molar-refractivity contribution in [1.82, 2.24) is 0 Å². The third kappa shape index (κ3) is 4.09. The molecule has 1 heteroatoms. The zero-order valence-corrected chi connectivity index (χ0v) is 9.13. The number of allylic oxidation sites excluding steroid dienone is 3. The molecule has 0 radical (unpaired) electrons. The third-order valence-corrected chi connectivity index (χ3v) is 2.31. The Morgan fingerprint density at radius 3 is 2.54 bits per heavy atom. The van der Waals surface area contributed by atoms with Gasteiger partial charge in [-0.05, 0) is 30.5 Å². The number of benzene rings is 1. The van der Waals surface area contributed by atoms with E-state index < -0.39 is 0 Å². The highest BCUT2D eigenvalue weighted by Crippen LogP contribution is 2.11. The molecule has 0 fully saturated rings. The number of hydrogen-bond donors (Lipinski definition) is 0. The second-order valence-electron chi connectivity index (χ2n) is 2.83. The Morgan fingerprint density at radius 1 is 1.23 bits per heavy atom. The summed E-state index contributed by atoms with van der Waals surface area (Å²) in [6.07, 6.45) is 8.10. The maximum absolute atomic E-state index is 3.62. The molecule has 0 aliphatic heterocycles.